The standard InChI is InChI=1S/C15H21N3/c1-10-11(7-8-13(10)16)9-14-12-5-3-4-6-15(12)18(2)17-14/h3-6,10-11,13H,7-9,16H2,1-2H3. The number of benzene rings is 1. The fraction of sp³-hybridized carbons (Fsp3) is 0.533. The number of hydrogen-bond acceptors (Lipinski definition) is 2. The highest BCUT2D eigenvalue weighted by molar-refractivity contribution is 5.81. The van der Waals surface area contributed by atoms with Gasteiger partial charge >= 0.3 is 0 Å². The summed E-state index contributed by atoms with van der Waals surface area (Å²) >= 11 is 0. The van der Waals surface area contributed by atoms with Gasteiger partial charge in [0.15, 0.2) is 0 Å². The first-order valence-electron chi connectivity index (χ1n) is 6.83. The Bertz CT molecular complexity index is 558. The van der Waals surface area contributed by atoms with Gasteiger partial charge in [0.05, 0.1) is 11.2 Å². The first kappa shape index (κ1) is 11.7. The first-order chi connectivity index (χ1) is 8.66. The smallest absolute Gasteiger partial charge is 0.0706 e. The van der Waals surface area contributed by atoms with Gasteiger partial charge < -0.3 is 5.73 Å². The SMILES string of the molecule is CC1C(N)CCC1Cc1nn(C)c2ccccc12. The second-order valence-electron chi connectivity index (χ2n) is 5.65. The summed E-state index contributed by atoms with van der Waals surface area (Å²) in [5, 5.41) is 5.99. The molecule has 1 fully saturated rings. The number of hydrogen-bond donors (Lipinski definition) is 1. The van der Waals surface area contributed by atoms with Gasteiger partial charge in [0.1, 0.15) is 0 Å². The summed E-state index contributed by atoms with van der Waals surface area (Å²) in [5.74, 6) is 1.31. The Morgan fingerprint density at radius 1 is 1.33 bits per heavy atom. The van der Waals surface area contributed by atoms with Crippen molar-refractivity contribution >= 4 is 10.9 Å². The van der Waals surface area contributed by atoms with E-state index >= 15 is 0 Å². The second-order valence-corrected chi connectivity index (χ2v) is 5.65. The van der Waals surface area contributed by atoms with Crippen molar-refractivity contribution in [3.63, 3.8) is 0 Å². The van der Waals surface area contributed by atoms with Crippen LogP contribution in [0.5, 0.6) is 0 Å². The quantitative estimate of drug-likeness (QED) is 0.880. The van der Waals surface area contributed by atoms with E-state index in [-0.39, 0.29) is 0 Å². The van der Waals surface area contributed by atoms with E-state index in [0.717, 1.165) is 12.8 Å². The lowest BCUT2D eigenvalue weighted by Gasteiger charge is -2.16. The Kier molecular flexibility index (Phi) is 2.86. The molecule has 1 aliphatic carbocycles. The lowest BCUT2D eigenvalue weighted by atomic mass is 9.91. The minimum Gasteiger partial charge on any atom is -0.327 e. The molecule has 1 aliphatic rings. The Morgan fingerprint density at radius 2 is 2.11 bits per heavy atom. The van der Waals surface area contributed by atoms with Crippen molar-refractivity contribution in [2.24, 2.45) is 24.6 Å². The second kappa shape index (κ2) is 4.39. The highest BCUT2D eigenvalue weighted by atomic mass is 15.3. The van der Waals surface area contributed by atoms with E-state index in [0.29, 0.717) is 17.9 Å². The maximum Gasteiger partial charge on any atom is 0.0706 e. The van der Waals surface area contributed by atoms with Crippen molar-refractivity contribution in [2.75, 3.05) is 0 Å². The molecule has 1 aromatic heterocycles. The molecule has 0 aliphatic heterocycles. The minimum absolute atomic E-state index is 0.380. The van der Waals surface area contributed by atoms with E-state index in [1.54, 1.807) is 0 Å². The molecule has 2 aromatic rings. The third-order valence-electron chi connectivity index (χ3n) is 4.58. The van der Waals surface area contributed by atoms with Crippen LogP contribution in [0.2, 0.25) is 0 Å². The fourth-order valence-electron chi connectivity index (χ4n) is 3.26. The van der Waals surface area contributed by atoms with Crippen LogP contribution in [0.4, 0.5) is 0 Å². The van der Waals surface area contributed by atoms with Gasteiger partial charge in [0.25, 0.3) is 0 Å². The van der Waals surface area contributed by atoms with Crippen LogP contribution in [0.15, 0.2) is 24.3 Å². The van der Waals surface area contributed by atoms with E-state index in [2.05, 4.69) is 36.3 Å². The van der Waals surface area contributed by atoms with E-state index < -0.39 is 0 Å². The third kappa shape index (κ3) is 1.83. The average molecular weight is 243 g/mol. The topological polar surface area (TPSA) is 43.8 Å². The monoisotopic (exact) mass is 243 g/mol. The predicted molar refractivity (Wildman–Crippen MR) is 74.3 cm³/mol. The van der Waals surface area contributed by atoms with Crippen LogP contribution >= 0.6 is 0 Å². The maximum absolute atomic E-state index is 6.11. The van der Waals surface area contributed by atoms with Crippen molar-refractivity contribution in [3.05, 3.63) is 30.0 Å². The largest absolute Gasteiger partial charge is 0.327 e. The number of nitrogens with two attached hydrogens (primary N) is 1. The Morgan fingerprint density at radius 3 is 2.83 bits per heavy atom. The van der Waals surface area contributed by atoms with E-state index in [4.69, 9.17) is 5.73 Å². The van der Waals surface area contributed by atoms with Crippen molar-refractivity contribution < 1.29 is 0 Å². The minimum atomic E-state index is 0.380. The Labute approximate surface area is 108 Å². The van der Waals surface area contributed by atoms with Crippen LogP contribution in [0.25, 0.3) is 10.9 Å². The van der Waals surface area contributed by atoms with Gasteiger partial charge in [0.2, 0.25) is 0 Å². The zero-order valence-corrected chi connectivity index (χ0v) is 11.1. The summed E-state index contributed by atoms with van der Waals surface area (Å²) in [6, 6.07) is 8.86. The Hall–Kier alpha value is -1.35. The molecule has 1 heterocycles. The number of para-hydroxylation sites is 1. The molecule has 3 heteroatoms. The molecule has 18 heavy (non-hydrogen) atoms. The van der Waals surface area contributed by atoms with Crippen molar-refractivity contribution in [1.29, 1.82) is 0 Å². The lowest BCUT2D eigenvalue weighted by molar-refractivity contribution is 0.387. The molecule has 96 valence electrons. The molecule has 3 unspecified atom stereocenters. The molecule has 0 amide bonds. The summed E-state index contributed by atoms with van der Waals surface area (Å²) in [6.45, 7) is 2.29. The van der Waals surface area contributed by atoms with Gasteiger partial charge in [0, 0.05) is 18.5 Å². The Balaban J connectivity index is 1.91. The van der Waals surface area contributed by atoms with Gasteiger partial charge in [-0.25, -0.2) is 0 Å². The molecular weight excluding hydrogens is 222 g/mol. The average Bonchev–Trinajstić information content (AvgIpc) is 2.86. The normalized spacial score (nSPS) is 28.1. The predicted octanol–water partition coefficient (Wildman–Crippen LogP) is 2.49. The zero-order chi connectivity index (χ0) is 12.7. The molecule has 1 saturated carbocycles. The number of aromatic nitrogens is 2. The molecule has 2 N–H and O–H groups in total. The molecule has 0 spiro atoms. The van der Waals surface area contributed by atoms with Crippen LogP contribution in [-0.2, 0) is 13.5 Å². The highest BCUT2D eigenvalue weighted by Gasteiger charge is 2.31. The van der Waals surface area contributed by atoms with E-state index in [1.807, 2.05) is 11.7 Å². The number of nitrogens with zero attached hydrogens (tertiary/aromatic N) is 2. The van der Waals surface area contributed by atoms with Gasteiger partial charge in [-0.2, -0.15) is 5.10 Å². The van der Waals surface area contributed by atoms with Crippen LogP contribution in [-0.4, -0.2) is 15.8 Å². The van der Waals surface area contributed by atoms with Crippen LogP contribution < -0.4 is 5.73 Å². The van der Waals surface area contributed by atoms with Gasteiger partial charge in [-0.3, -0.25) is 4.68 Å². The zero-order valence-electron chi connectivity index (χ0n) is 11.1. The summed E-state index contributed by atoms with van der Waals surface area (Å²) < 4.78 is 1.99. The van der Waals surface area contributed by atoms with Crippen LogP contribution in [0.3, 0.4) is 0 Å². The molecule has 0 radical (unpaired) electrons. The summed E-state index contributed by atoms with van der Waals surface area (Å²) in [5.41, 5.74) is 8.57. The molecule has 0 bridgehead atoms. The van der Waals surface area contributed by atoms with Gasteiger partial charge in [-0.15, -0.1) is 0 Å². The van der Waals surface area contributed by atoms with E-state index in [9.17, 15) is 0 Å². The van der Waals surface area contributed by atoms with Crippen molar-refractivity contribution in [3.8, 4) is 0 Å². The van der Waals surface area contributed by atoms with Gasteiger partial charge in [-0.05, 0) is 37.2 Å². The molecule has 0 saturated heterocycles. The number of fused-ring (bicyclic) bond motifs is 1. The van der Waals surface area contributed by atoms with Crippen LogP contribution in [0.1, 0.15) is 25.5 Å². The molecule has 3 atom stereocenters. The van der Waals surface area contributed by atoms with Gasteiger partial charge in [-0.1, -0.05) is 25.1 Å². The third-order valence-corrected chi connectivity index (χ3v) is 4.58. The number of aryl methyl sites for hydroxylation is 1. The summed E-state index contributed by atoms with van der Waals surface area (Å²) in [4.78, 5) is 0. The van der Waals surface area contributed by atoms with Crippen LogP contribution in [0, 0.1) is 11.8 Å². The summed E-state index contributed by atoms with van der Waals surface area (Å²) in [7, 11) is 2.02. The molecule has 1 aromatic carbocycles. The van der Waals surface area contributed by atoms with Crippen molar-refractivity contribution in [1.82, 2.24) is 9.78 Å². The maximum atomic E-state index is 6.11. The molecular formula is C15H21N3. The van der Waals surface area contributed by atoms with Crippen molar-refractivity contribution in [2.45, 2.75) is 32.2 Å². The molecule has 3 rings (SSSR count). The summed E-state index contributed by atoms with van der Waals surface area (Å²) in [6.07, 6.45) is 3.47. The van der Waals surface area contributed by atoms with E-state index in [1.165, 1.54) is 23.0 Å². The molecule has 3 nitrogen and oxygen atoms in total. The highest BCUT2D eigenvalue weighted by Crippen LogP contribution is 2.34. The lowest BCUT2D eigenvalue weighted by Crippen LogP contribution is -2.25. The number of rotatable bonds is 2. The fourth-order valence-corrected chi connectivity index (χ4v) is 3.26. The first-order valence-corrected chi connectivity index (χ1v) is 6.83.